The molecule has 0 spiro atoms. The van der Waals surface area contributed by atoms with Crippen LogP contribution in [0.4, 0.5) is 0 Å². The predicted octanol–water partition coefficient (Wildman–Crippen LogP) is 3.30. The Morgan fingerprint density at radius 2 is 1.81 bits per heavy atom. The first-order valence-corrected chi connectivity index (χ1v) is 11.6. The summed E-state index contributed by atoms with van der Waals surface area (Å²) in [6.07, 6.45) is 7.00. The zero-order valence-corrected chi connectivity index (χ0v) is 19.5. The van der Waals surface area contributed by atoms with Crippen molar-refractivity contribution in [2.75, 3.05) is 45.8 Å². The summed E-state index contributed by atoms with van der Waals surface area (Å²) in [6, 6.07) is 5.17. The third-order valence-electron chi connectivity index (χ3n) is 5.81. The highest BCUT2D eigenvalue weighted by Crippen LogP contribution is 2.23. The molecule has 3 rings (SSSR count). The van der Waals surface area contributed by atoms with Crippen molar-refractivity contribution in [3.63, 3.8) is 0 Å². The minimum absolute atomic E-state index is 0.0253. The highest BCUT2D eigenvalue weighted by molar-refractivity contribution is 6.42. The second-order valence-electron chi connectivity index (χ2n) is 8.73. The van der Waals surface area contributed by atoms with Crippen molar-refractivity contribution in [3.05, 3.63) is 39.9 Å². The molecule has 170 valence electrons. The number of hydrogen-bond donors (Lipinski definition) is 1. The van der Waals surface area contributed by atoms with Crippen molar-refractivity contribution < 1.29 is 14.7 Å². The van der Waals surface area contributed by atoms with E-state index in [0.717, 1.165) is 31.5 Å². The van der Waals surface area contributed by atoms with E-state index in [1.165, 1.54) is 12.5 Å². The summed E-state index contributed by atoms with van der Waals surface area (Å²) in [6.45, 7) is 5.86. The predicted molar refractivity (Wildman–Crippen MR) is 124 cm³/mol. The van der Waals surface area contributed by atoms with Crippen LogP contribution >= 0.6 is 23.2 Å². The molecule has 2 saturated heterocycles. The monoisotopic (exact) mass is 467 g/mol. The van der Waals surface area contributed by atoms with E-state index in [4.69, 9.17) is 23.2 Å². The summed E-state index contributed by atoms with van der Waals surface area (Å²) in [5.74, 6) is -0.177. The summed E-state index contributed by atoms with van der Waals surface area (Å²) in [5, 5.41) is 11.8. The number of benzene rings is 1. The van der Waals surface area contributed by atoms with Gasteiger partial charge in [-0.2, -0.15) is 0 Å². The molecule has 1 aromatic rings. The Hall–Kier alpha value is -1.60. The van der Waals surface area contributed by atoms with Crippen molar-refractivity contribution in [1.82, 2.24) is 14.7 Å². The number of halogens is 2. The highest BCUT2D eigenvalue weighted by atomic mass is 35.5. The standard InChI is InChI=1S/C23H31Cl2N3O3/c1-23(31,16-26-10-3-2-4-11-26)17-28-14-13-27(12-9-22(28)30)21(29)8-6-18-5-7-19(24)20(25)15-18/h5-8,15,31H,2-4,9-14,16-17H2,1H3. The molecule has 1 atom stereocenters. The van der Waals surface area contributed by atoms with E-state index in [-0.39, 0.29) is 24.8 Å². The summed E-state index contributed by atoms with van der Waals surface area (Å²) < 4.78 is 0. The van der Waals surface area contributed by atoms with E-state index in [0.29, 0.717) is 36.2 Å². The number of piperidine rings is 1. The van der Waals surface area contributed by atoms with Crippen molar-refractivity contribution in [1.29, 1.82) is 0 Å². The van der Waals surface area contributed by atoms with Gasteiger partial charge in [-0.3, -0.25) is 9.59 Å². The molecular formula is C23H31Cl2N3O3. The van der Waals surface area contributed by atoms with Crippen LogP contribution in [0, 0.1) is 0 Å². The maximum absolute atomic E-state index is 12.6. The lowest BCUT2D eigenvalue weighted by Gasteiger charge is -2.36. The molecule has 2 amide bonds. The van der Waals surface area contributed by atoms with E-state index < -0.39 is 5.60 Å². The van der Waals surface area contributed by atoms with Crippen LogP contribution in [-0.2, 0) is 9.59 Å². The molecule has 2 heterocycles. The van der Waals surface area contributed by atoms with Crippen molar-refractivity contribution >= 4 is 41.1 Å². The van der Waals surface area contributed by atoms with Gasteiger partial charge in [0.1, 0.15) is 0 Å². The molecule has 1 aromatic carbocycles. The number of aliphatic hydroxyl groups is 1. The van der Waals surface area contributed by atoms with Gasteiger partial charge in [-0.25, -0.2) is 0 Å². The van der Waals surface area contributed by atoms with E-state index in [1.54, 1.807) is 41.0 Å². The maximum Gasteiger partial charge on any atom is 0.246 e. The van der Waals surface area contributed by atoms with Crippen LogP contribution in [0.3, 0.4) is 0 Å². The van der Waals surface area contributed by atoms with Gasteiger partial charge in [0.15, 0.2) is 0 Å². The van der Waals surface area contributed by atoms with Crippen LogP contribution in [0.25, 0.3) is 6.08 Å². The topological polar surface area (TPSA) is 64.1 Å². The summed E-state index contributed by atoms with van der Waals surface area (Å²) in [5.41, 5.74) is -0.191. The fourth-order valence-corrected chi connectivity index (χ4v) is 4.51. The second kappa shape index (κ2) is 10.8. The fourth-order valence-electron chi connectivity index (χ4n) is 4.20. The van der Waals surface area contributed by atoms with Crippen LogP contribution in [-0.4, -0.2) is 83.0 Å². The van der Waals surface area contributed by atoms with Crippen LogP contribution in [0.5, 0.6) is 0 Å². The average molecular weight is 468 g/mol. The van der Waals surface area contributed by atoms with Gasteiger partial charge in [0.25, 0.3) is 0 Å². The first kappa shape index (κ1) is 24.1. The number of carbonyl (C=O) groups excluding carboxylic acids is 2. The lowest BCUT2D eigenvalue weighted by molar-refractivity contribution is -0.134. The van der Waals surface area contributed by atoms with Crippen LogP contribution in [0.2, 0.25) is 10.0 Å². The molecule has 31 heavy (non-hydrogen) atoms. The Labute approximate surface area is 194 Å². The number of likely N-dealkylation sites (tertiary alicyclic amines) is 1. The maximum atomic E-state index is 12.6. The van der Waals surface area contributed by atoms with E-state index in [9.17, 15) is 14.7 Å². The van der Waals surface area contributed by atoms with Crippen LogP contribution < -0.4 is 0 Å². The van der Waals surface area contributed by atoms with Crippen molar-refractivity contribution in [2.45, 2.75) is 38.2 Å². The third-order valence-corrected chi connectivity index (χ3v) is 6.55. The lowest BCUT2D eigenvalue weighted by atomic mass is 10.0. The Morgan fingerprint density at radius 1 is 1.06 bits per heavy atom. The van der Waals surface area contributed by atoms with Crippen molar-refractivity contribution in [2.24, 2.45) is 0 Å². The zero-order chi connectivity index (χ0) is 22.4. The number of carbonyl (C=O) groups is 2. The largest absolute Gasteiger partial charge is 0.387 e. The third kappa shape index (κ3) is 7.21. The van der Waals surface area contributed by atoms with E-state index >= 15 is 0 Å². The molecule has 0 bridgehead atoms. The van der Waals surface area contributed by atoms with Gasteiger partial charge in [0, 0.05) is 38.7 Å². The SMILES string of the molecule is CC(O)(CN1CCCCC1)CN1CCN(C(=O)C=Cc2ccc(Cl)c(Cl)c2)CCC1=O. The van der Waals surface area contributed by atoms with Crippen molar-refractivity contribution in [3.8, 4) is 0 Å². The summed E-state index contributed by atoms with van der Waals surface area (Å²) in [4.78, 5) is 30.9. The van der Waals surface area contributed by atoms with Gasteiger partial charge in [-0.05, 0) is 56.6 Å². The molecule has 0 aromatic heterocycles. The quantitative estimate of drug-likeness (QED) is 0.651. The molecule has 1 unspecified atom stereocenters. The van der Waals surface area contributed by atoms with E-state index in [2.05, 4.69) is 4.90 Å². The molecule has 8 heteroatoms. The highest BCUT2D eigenvalue weighted by Gasteiger charge is 2.31. The number of hydrogen-bond acceptors (Lipinski definition) is 4. The lowest BCUT2D eigenvalue weighted by Crippen LogP contribution is -2.51. The first-order chi connectivity index (χ1) is 14.7. The molecule has 2 aliphatic rings. The van der Waals surface area contributed by atoms with Gasteiger partial charge in [-0.1, -0.05) is 35.7 Å². The number of rotatable bonds is 6. The molecule has 1 N–H and O–H groups in total. The van der Waals surface area contributed by atoms with E-state index in [1.807, 2.05) is 0 Å². The first-order valence-electron chi connectivity index (χ1n) is 10.9. The minimum atomic E-state index is -0.972. The molecule has 6 nitrogen and oxygen atoms in total. The van der Waals surface area contributed by atoms with Gasteiger partial charge in [0.05, 0.1) is 22.2 Å². The molecule has 0 aliphatic carbocycles. The van der Waals surface area contributed by atoms with Crippen LogP contribution in [0.1, 0.15) is 38.2 Å². The Morgan fingerprint density at radius 3 is 2.52 bits per heavy atom. The summed E-state index contributed by atoms with van der Waals surface area (Å²) >= 11 is 11.9. The Kier molecular flexibility index (Phi) is 8.39. The second-order valence-corrected chi connectivity index (χ2v) is 9.55. The zero-order valence-electron chi connectivity index (χ0n) is 18.0. The molecular weight excluding hydrogens is 437 g/mol. The minimum Gasteiger partial charge on any atom is -0.387 e. The van der Waals surface area contributed by atoms with Gasteiger partial charge in [-0.15, -0.1) is 0 Å². The smallest absolute Gasteiger partial charge is 0.246 e. The Balaban J connectivity index is 1.55. The van der Waals surface area contributed by atoms with Gasteiger partial charge < -0.3 is 19.8 Å². The molecule has 2 fully saturated rings. The molecule has 2 aliphatic heterocycles. The Bertz CT molecular complexity index is 822. The number of nitrogens with zero attached hydrogens (tertiary/aromatic N) is 3. The van der Waals surface area contributed by atoms with Gasteiger partial charge >= 0.3 is 0 Å². The number of amides is 2. The normalized spacial score (nSPS) is 20.7. The molecule has 0 saturated carbocycles. The van der Waals surface area contributed by atoms with Crippen LogP contribution in [0.15, 0.2) is 24.3 Å². The average Bonchev–Trinajstić information content (AvgIpc) is 2.90. The number of β-amino-alcohol motifs (C(OH)–C–C–N with tert-alkyl or cyclic N) is 1. The van der Waals surface area contributed by atoms with Gasteiger partial charge in [0.2, 0.25) is 11.8 Å². The molecule has 0 radical (unpaired) electrons. The summed E-state index contributed by atoms with van der Waals surface area (Å²) in [7, 11) is 0. The fraction of sp³-hybridized carbons (Fsp3) is 0.565.